The number of unbranched alkanes of at least 4 members (excludes halogenated alkanes) is 2. The first kappa shape index (κ1) is 19.5. The number of hydrogen-bond donors (Lipinski definition) is 2. The average Bonchev–Trinajstić information content (AvgIpc) is 2.56. The molecule has 126 valence electrons. The van der Waals surface area contributed by atoms with Gasteiger partial charge in [-0.1, -0.05) is 42.5 Å². The SMILES string of the molecule is Oc1ccc(CCC[NH2+]CCCCCc2ccccc2)cc1.[Cl-]. The fourth-order valence-electron chi connectivity index (χ4n) is 2.70. The third-order valence-electron chi connectivity index (χ3n) is 4.03. The van der Waals surface area contributed by atoms with Crippen LogP contribution in [0.3, 0.4) is 0 Å². The van der Waals surface area contributed by atoms with Crippen molar-refractivity contribution < 1.29 is 22.8 Å². The summed E-state index contributed by atoms with van der Waals surface area (Å²) in [7, 11) is 0. The summed E-state index contributed by atoms with van der Waals surface area (Å²) in [6, 6.07) is 18.3. The molecule has 0 fully saturated rings. The number of halogens is 1. The van der Waals surface area contributed by atoms with E-state index in [1.807, 2.05) is 12.1 Å². The molecule has 3 heteroatoms. The van der Waals surface area contributed by atoms with E-state index >= 15 is 0 Å². The summed E-state index contributed by atoms with van der Waals surface area (Å²) in [5, 5.41) is 11.7. The smallest absolute Gasteiger partial charge is 0.115 e. The molecule has 23 heavy (non-hydrogen) atoms. The molecule has 0 saturated carbocycles. The molecule has 0 aromatic heterocycles. The van der Waals surface area contributed by atoms with Gasteiger partial charge in [0.05, 0.1) is 13.1 Å². The Morgan fingerprint density at radius 3 is 2.00 bits per heavy atom. The van der Waals surface area contributed by atoms with Gasteiger partial charge in [-0.2, -0.15) is 0 Å². The van der Waals surface area contributed by atoms with E-state index in [0.29, 0.717) is 5.75 Å². The number of quaternary nitrogens is 1. The number of aryl methyl sites for hydroxylation is 2. The molecule has 0 amide bonds. The van der Waals surface area contributed by atoms with E-state index in [4.69, 9.17) is 0 Å². The summed E-state index contributed by atoms with van der Waals surface area (Å²) < 4.78 is 0. The van der Waals surface area contributed by atoms with Crippen molar-refractivity contribution in [2.75, 3.05) is 13.1 Å². The molecule has 0 bridgehead atoms. The normalized spacial score (nSPS) is 10.3. The van der Waals surface area contributed by atoms with E-state index in [1.54, 1.807) is 12.1 Å². The van der Waals surface area contributed by atoms with Crippen LogP contribution in [-0.4, -0.2) is 18.2 Å². The zero-order valence-electron chi connectivity index (χ0n) is 13.8. The number of aromatic hydroxyl groups is 1. The van der Waals surface area contributed by atoms with Crippen LogP contribution in [-0.2, 0) is 12.8 Å². The Morgan fingerprint density at radius 1 is 0.652 bits per heavy atom. The Balaban J connectivity index is 0.00000264. The Hall–Kier alpha value is -1.51. The second-order valence-corrected chi connectivity index (χ2v) is 5.93. The average molecular weight is 334 g/mol. The summed E-state index contributed by atoms with van der Waals surface area (Å²) in [5.74, 6) is 0.353. The Labute approximate surface area is 146 Å². The molecule has 2 nitrogen and oxygen atoms in total. The van der Waals surface area contributed by atoms with Gasteiger partial charge in [0.1, 0.15) is 5.75 Å². The number of phenolic OH excluding ortho intramolecular Hbond substituents is 1. The zero-order chi connectivity index (χ0) is 15.5. The third kappa shape index (κ3) is 8.63. The first-order valence-corrected chi connectivity index (χ1v) is 8.48. The van der Waals surface area contributed by atoms with Crippen LogP contribution in [0, 0.1) is 0 Å². The molecule has 0 radical (unpaired) electrons. The van der Waals surface area contributed by atoms with Gasteiger partial charge >= 0.3 is 0 Å². The lowest BCUT2D eigenvalue weighted by Crippen LogP contribution is -3.00. The van der Waals surface area contributed by atoms with Crippen molar-refractivity contribution in [2.45, 2.75) is 38.5 Å². The first-order valence-electron chi connectivity index (χ1n) is 8.48. The molecular weight excluding hydrogens is 306 g/mol. The molecule has 0 heterocycles. The quantitative estimate of drug-likeness (QED) is 0.603. The van der Waals surface area contributed by atoms with E-state index in [9.17, 15) is 5.11 Å². The van der Waals surface area contributed by atoms with Crippen LogP contribution in [0.5, 0.6) is 5.75 Å². The van der Waals surface area contributed by atoms with Crippen LogP contribution in [0.1, 0.15) is 36.8 Å². The molecule has 3 N–H and O–H groups in total. The van der Waals surface area contributed by atoms with Gasteiger partial charge in [0.2, 0.25) is 0 Å². The molecule has 0 atom stereocenters. The maximum Gasteiger partial charge on any atom is 0.115 e. The standard InChI is InChI=1S/C20H27NO.ClH/c22-20-14-12-19(13-15-20)11-7-17-21-16-6-2-5-10-18-8-3-1-4-9-18;/h1,3-4,8-9,12-15,21-22H,2,5-7,10-11,16-17H2;1H. The highest BCUT2D eigenvalue weighted by Crippen LogP contribution is 2.10. The molecular formula is C20H28ClNO. The summed E-state index contributed by atoms with van der Waals surface area (Å²) in [6.07, 6.45) is 7.45. The minimum absolute atomic E-state index is 0. The van der Waals surface area contributed by atoms with Gasteiger partial charge in [0.15, 0.2) is 0 Å². The molecule has 0 unspecified atom stereocenters. The lowest BCUT2D eigenvalue weighted by atomic mass is 10.1. The first-order chi connectivity index (χ1) is 10.8. The topological polar surface area (TPSA) is 36.8 Å². The van der Waals surface area contributed by atoms with Crippen LogP contribution in [0.4, 0.5) is 0 Å². The van der Waals surface area contributed by atoms with Crippen molar-refractivity contribution in [1.29, 1.82) is 0 Å². The summed E-state index contributed by atoms with van der Waals surface area (Å²) in [4.78, 5) is 0. The van der Waals surface area contributed by atoms with Gasteiger partial charge < -0.3 is 22.8 Å². The van der Waals surface area contributed by atoms with Crippen molar-refractivity contribution in [2.24, 2.45) is 0 Å². The van der Waals surface area contributed by atoms with E-state index < -0.39 is 0 Å². The number of phenols is 1. The van der Waals surface area contributed by atoms with Crippen molar-refractivity contribution in [3.05, 3.63) is 65.7 Å². The number of hydrogen-bond acceptors (Lipinski definition) is 1. The van der Waals surface area contributed by atoms with Gasteiger partial charge in [-0.15, -0.1) is 0 Å². The van der Waals surface area contributed by atoms with Crippen LogP contribution >= 0.6 is 0 Å². The fraction of sp³-hybridized carbons (Fsp3) is 0.400. The summed E-state index contributed by atoms with van der Waals surface area (Å²) >= 11 is 0. The van der Waals surface area contributed by atoms with Crippen LogP contribution in [0.2, 0.25) is 0 Å². The molecule has 0 spiro atoms. The molecule has 2 aromatic rings. The van der Waals surface area contributed by atoms with Crippen molar-refractivity contribution in [1.82, 2.24) is 0 Å². The molecule has 0 saturated heterocycles. The third-order valence-corrected chi connectivity index (χ3v) is 4.03. The van der Waals surface area contributed by atoms with E-state index in [2.05, 4.69) is 35.6 Å². The van der Waals surface area contributed by atoms with E-state index in [-0.39, 0.29) is 12.4 Å². The minimum atomic E-state index is 0. The molecule has 0 aliphatic carbocycles. The summed E-state index contributed by atoms with van der Waals surface area (Å²) in [5.41, 5.74) is 2.77. The predicted molar refractivity (Wildman–Crippen MR) is 92.1 cm³/mol. The van der Waals surface area contributed by atoms with Gasteiger partial charge in [0, 0.05) is 6.42 Å². The second-order valence-electron chi connectivity index (χ2n) is 5.93. The molecule has 2 aromatic carbocycles. The van der Waals surface area contributed by atoms with Gasteiger partial charge in [-0.25, -0.2) is 0 Å². The molecule has 0 aliphatic rings. The Kier molecular flexibility index (Phi) is 10.2. The summed E-state index contributed by atoms with van der Waals surface area (Å²) in [6.45, 7) is 2.43. The number of benzene rings is 2. The molecule has 2 rings (SSSR count). The monoisotopic (exact) mass is 333 g/mol. The highest BCUT2D eigenvalue weighted by molar-refractivity contribution is 5.25. The highest BCUT2D eigenvalue weighted by atomic mass is 35.5. The van der Waals surface area contributed by atoms with Crippen LogP contribution in [0.15, 0.2) is 54.6 Å². The lowest BCUT2D eigenvalue weighted by Gasteiger charge is -2.04. The Bertz CT molecular complexity index is 513. The van der Waals surface area contributed by atoms with Crippen LogP contribution < -0.4 is 17.7 Å². The van der Waals surface area contributed by atoms with Gasteiger partial charge in [-0.3, -0.25) is 0 Å². The number of nitrogens with two attached hydrogens (primary N) is 1. The number of rotatable bonds is 10. The van der Waals surface area contributed by atoms with E-state index in [1.165, 1.54) is 56.3 Å². The van der Waals surface area contributed by atoms with Crippen molar-refractivity contribution in [3.63, 3.8) is 0 Å². The Morgan fingerprint density at radius 2 is 1.26 bits per heavy atom. The van der Waals surface area contributed by atoms with Crippen molar-refractivity contribution in [3.8, 4) is 5.75 Å². The zero-order valence-corrected chi connectivity index (χ0v) is 14.5. The second kappa shape index (κ2) is 12.0. The predicted octanol–water partition coefficient (Wildman–Crippen LogP) is 0.305. The maximum atomic E-state index is 9.24. The van der Waals surface area contributed by atoms with Crippen LogP contribution in [0.25, 0.3) is 0 Å². The minimum Gasteiger partial charge on any atom is -1.00 e. The van der Waals surface area contributed by atoms with Gasteiger partial charge in [-0.05, 0) is 55.4 Å². The van der Waals surface area contributed by atoms with Gasteiger partial charge in [0.25, 0.3) is 0 Å². The largest absolute Gasteiger partial charge is 1.00 e. The van der Waals surface area contributed by atoms with Crippen molar-refractivity contribution >= 4 is 0 Å². The van der Waals surface area contributed by atoms with E-state index in [0.717, 1.165) is 6.42 Å². The highest BCUT2D eigenvalue weighted by Gasteiger charge is 1.97. The lowest BCUT2D eigenvalue weighted by molar-refractivity contribution is -0.655. The molecule has 0 aliphatic heterocycles. The maximum absolute atomic E-state index is 9.24. The fourth-order valence-corrected chi connectivity index (χ4v) is 2.70.